The Morgan fingerprint density at radius 3 is 2.30 bits per heavy atom. The predicted octanol–water partition coefficient (Wildman–Crippen LogP) is 1.21. The highest BCUT2D eigenvalue weighted by Crippen LogP contribution is 2.27. The smallest absolute Gasteiger partial charge is 0.325 e. The number of nitrogens with zero attached hydrogens (tertiary/aromatic N) is 4. The van der Waals surface area contributed by atoms with Crippen LogP contribution in [-0.4, -0.2) is 40.9 Å². The van der Waals surface area contributed by atoms with E-state index in [-0.39, 0.29) is 28.8 Å². The molecule has 0 aliphatic carbocycles. The summed E-state index contributed by atoms with van der Waals surface area (Å²) >= 11 is 0. The van der Waals surface area contributed by atoms with Crippen LogP contribution in [0.5, 0.6) is 0 Å². The van der Waals surface area contributed by atoms with Crippen molar-refractivity contribution in [2.45, 2.75) is 45.2 Å². The van der Waals surface area contributed by atoms with Crippen LogP contribution in [0.4, 0.5) is 5.69 Å². The summed E-state index contributed by atoms with van der Waals surface area (Å²) in [5.41, 5.74) is -1.45. The summed E-state index contributed by atoms with van der Waals surface area (Å²) in [6.07, 6.45) is 2.16. The van der Waals surface area contributed by atoms with Crippen LogP contribution in [0.3, 0.4) is 0 Å². The van der Waals surface area contributed by atoms with Crippen molar-refractivity contribution >= 4 is 21.6 Å². The first-order chi connectivity index (χ1) is 15.6. The third kappa shape index (κ3) is 5.23. The summed E-state index contributed by atoms with van der Waals surface area (Å²) in [4.78, 5) is 37.3. The predicted molar refractivity (Wildman–Crippen MR) is 122 cm³/mol. The van der Waals surface area contributed by atoms with E-state index in [0.717, 1.165) is 6.42 Å². The van der Waals surface area contributed by atoms with Crippen LogP contribution in [0.2, 0.25) is 0 Å². The number of hydrogen-bond donors (Lipinski definition) is 1. The van der Waals surface area contributed by atoms with Crippen LogP contribution in [0.15, 0.2) is 44.9 Å². The van der Waals surface area contributed by atoms with E-state index in [1.165, 1.54) is 39.3 Å². The number of anilines is 1. The van der Waals surface area contributed by atoms with Crippen molar-refractivity contribution in [2.24, 2.45) is 11.8 Å². The molecule has 1 saturated heterocycles. The van der Waals surface area contributed by atoms with E-state index in [1.54, 1.807) is 13.0 Å². The van der Waals surface area contributed by atoms with Crippen LogP contribution in [0.1, 0.15) is 32.8 Å². The van der Waals surface area contributed by atoms with Crippen molar-refractivity contribution < 1.29 is 13.2 Å². The van der Waals surface area contributed by atoms with Gasteiger partial charge in [0.05, 0.1) is 4.90 Å². The molecule has 1 aliphatic heterocycles. The second-order valence-corrected chi connectivity index (χ2v) is 10.4. The Labute approximate surface area is 192 Å². The van der Waals surface area contributed by atoms with Gasteiger partial charge in [0.2, 0.25) is 15.9 Å². The van der Waals surface area contributed by atoms with E-state index in [4.69, 9.17) is 5.26 Å². The molecular weight excluding hydrogens is 446 g/mol. The Morgan fingerprint density at radius 1 is 1.15 bits per heavy atom. The monoisotopic (exact) mass is 473 g/mol. The molecule has 3 rings (SSSR count). The first kappa shape index (κ1) is 24.4. The zero-order valence-electron chi connectivity index (χ0n) is 18.8. The topological polar surface area (TPSA) is 134 Å². The van der Waals surface area contributed by atoms with Gasteiger partial charge in [-0.25, -0.2) is 17.8 Å². The lowest BCUT2D eigenvalue weighted by atomic mass is 9.94. The van der Waals surface area contributed by atoms with Crippen molar-refractivity contribution in [3.8, 4) is 6.07 Å². The first-order valence-corrected chi connectivity index (χ1v) is 12.1. The lowest BCUT2D eigenvalue weighted by molar-refractivity contribution is -0.116. The van der Waals surface area contributed by atoms with Gasteiger partial charge in [0, 0.05) is 31.5 Å². The molecule has 0 saturated carbocycles. The van der Waals surface area contributed by atoms with E-state index in [9.17, 15) is 22.8 Å². The fraction of sp³-hybridized carbons (Fsp3) is 0.455. The number of aromatic nitrogens is 2. The van der Waals surface area contributed by atoms with Gasteiger partial charge in [-0.3, -0.25) is 14.2 Å². The maximum Gasteiger partial charge on any atom is 0.331 e. The Bertz CT molecular complexity index is 1290. The third-order valence-corrected chi connectivity index (χ3v) is 7.46. The molecule has 0 bridgehead atoms. The van der Waals surface area contributed by atoms with Gasteiger partial charge in [-0.15, -0.1) is 0 Å². The lowest BCUT2D eigenvalue weighted by Gasteiger charge is -2.34. The van der Waals surface area contributed by atoms with Gasteiger partial charge >= 0.3 is 5.69 Å². The van der Waals surface area contributed by atoms with E-state index in [1.807, 2.05) is 13.8 Å². The average Bonchev–Trinajstić information content (AvgIpc) is 2.76. The molecule has 2 aromatic rings. The van der Waals surface area contributed by atoms with Crippen molar-refractivity contribution in [3.05, 3.63) is 56.9 Å². The average molecular weight is 474 g/mol. The number of rotatable bonds is 6. The molecule has 1 fully saturated rings. The Morgan fingerprint density at radius 2 is 1.76 bits per heavy atom. The number of hydrogen-bond acceptors (Lipinski definition) is 6. The number of carbonyl (C=O) groups is 1. The molecule has 1 amide bonds. The van der Waals surface area contributed by atoms with E-state index in [2.05, 4.69) is 5.32 Å². The van der Waals surface area contributed by atoms with Crippen LogP contribution in [-0.2, 0) is 27.9 Å². The minimum absolute atomic E-state index is 0.130. The maximum atomic E-state index is 13.0. The highest BCUT2D eigenvalue weighted by molar-refractivity contribution is 7.89. The summed E-state index contributed by atoms with van der Waals surface area (Å²) in [5.74, 6) is -0.0918. The van der Waals surface area contributed by atoms with E-state index in [0.29, 0.717) is 23.3 Å². The largest absolute Gasteiger partial charge is 0.331 e. The Kier molecular flexibility index (Phi) is 7.19. The summed E-state index contributed by atoms with van der Waals surface area (Å²) in [6, 6.07) is 7.48. The molecule has 1 N–H and O–H groups in total. The molecule has 2 unspecified atom stereocenters. The van der Waals surface area contributed by atoms with E-state index < -0.39 is 33.7 Å². The fourth-order valence-electron chi connectivity index (χ4n) is 4.10. The molecule has 176 valence electrons. The van der Waals surface area contributed by atoms with Gasteiger partial charge in [0.15, 0.2) is 0 Å². The standard InChI is InChI=1S/C22H27N5O5S/c1-4-25-13-17(10-23)21(29)27(22(25)30)14-20(28)24-18-5-7-19(8-6-18)33(31,32)26-11-15(2)9-16(3)12-26/h5-8,13,15-16H,4,9,11-12,14H2,1-3H3,(H,24,28). The highest BCUT2D eigenvalue weighted by Gasteiger charge is 2.31. The second kappa shape index (κ2) is 9.72. The summed E-state index contributed by atoms with van der Waals surface area (Å²) < 4.78 is 29.3. The molecule has 1 aromatic carbocycles. The third-order valence-electron chi connectivity index (χ3n) is 5.61. The van der Waals surface area contributed by atoms with Crippen molar-refractivity contribution in [1.29, 1.82) is 5.26 Å². The van der Waals surface area contributed by atoms with Crippen LogP contribution >= 0.6 is 0 Å². The zero-order chi connectivity index (χ0) is 24.3. The van der Waals surface area contributed by atoms with Gasteiger partial charge in [0.1, 0.15) is 18.2 Å². The van der Waals surface area contributed by atoms with Crippen LogP contribution in [0.25, 0.3) is 0 Å². The molecule has 10 nitrogen and oxygen atoms in total. The number of amides is 1. The Hall–Kier alpha value is -3.23. The van der Waals surface area contributed by atoms with Crippen molar-refractivity contribution in [1.82, 2.24) is 13.4 Å². The lowest BCUT2D eigenvalue weighted by Crippen LogP contribution is -2.43. The highest BCUT2D eigenvalue weighted by atomic mass is 32.2. The minimum atomic E-state index is -3.65. The summed E-state index contributed by atoms with van der Waals surface area (Å²) in [7, 11) is -3.65. The number of nitriles is 1. The first-order valence-electron chi connectivity index (χ1n) is 10.7. The summed E-state index contributed by atoms with van der Waals surface area (Å²) in [5, 5.41) is 11.7. The van der Waals surface area contributed by atoms with Gasteiger partial charge in [-0.05, 0) is 49.4 Å². The molecule has 1 aliphatic rings. The molecule has 0 radical (unpaired) electrons. The molecule has 33 heavy (non-hydrogen) atoms. The van der Waals surface area contributed by atoms with Gasteiger partial charge < -0.3 is 5.32 Å². The summed E-state index contributed by atoms with van der Waals surface area (Å²) in [6.45, 7) is 6.34. The molecule has 1 aromatic heterocycles. The molecule has 11 heteroatoms. The zero-order valence-corrected chi connectivity index (χ0v) is 19.6. The second-order valence-electron chi connectivity index (χ2n) is 8.46. The number of piperidine rings is 1. The number of sulfonamides is 1. The van der Waals surface area contributed by atoms with Crippen molar-refractivity contribution in [2.75, 3.05) is 18.4 Å². The molecule has 2 heterocycles. The van der Waals surface area contributed by atoms with Gasteiger partial charge in [0.25, 0.3) is 5.56 Å². The normalized spacial score (nSPS) is 19.1. The fourth-order valence-corrected chi connectivity index (χ4v) is 5.78. The van der Waals surface area contributed by atoms with Gasteiger partial charge in [-0.2, -0.15) is 9.57 Å². The van der Waals surface area contributed by atoms with Crippen molar-refractivity contribution in [3.63, 3.8) is 0 Å². The number of aryl methyl sites for hydroxylation is 1. The number of carbonyl (C=O) groups excluding carboxylic acids is 1. The van der Waals surface area contributed by atoms with E-state index >= 15 is 0 Å². The van der Waals surface area contributed by atoms with Crippen LogP contribution in [0, 0.1) is 23.2 Å². The number of benzene rings is 1. The number of nitrogens with one attached hydrogen (secondary N) is 1. The van der Waals surface area contributed by atoms with Crippen LogP contribution < -0.4 is 16.6 Å². The van der Waals surface area contributed by atoms with Gasteiger partial charge in [-0.1, -0.05) is 13.8 Å². The Balaban J connectivity index is 1.76. The maximum absolute atomic E-state index is 13.0. The molecule has 0 spiro atoms. The quantitative estimate of drug-likeness (QED) is 0.670. The molecule has 2 atom stereocenters. The SMILES string of the molecule is CCn1cc(C#N)c(=O)n(CC(=O)Nc2ccc(S(=O)(=O)N3CC(C)CC(C)C3)cc2)c1=O. The minimum Gasteiger partial charge on any atom is -0.325 e. The molecular formula is C22H27N5O5S.